The summed E-state index contributed by atoms with van der Waals surface area (Å²) in [5.74, 6) is -0.733. The number of allylic oxidation sites excluding steroid dienone is 2. The molecule has 2 aromatic carbocycles. The molecule has 0 aliphatic heterocycles. The van der Waals surface area contributed by atoms with Crippen LogP contribution in [0.5, 0.6) is 0 Å². The third-order valence-electron chi connectivity index (χ3n) is 2.77. The number of hydrogen-bond acceptors (Lipinski definition) is 2. The molecule has 0 heterocycles. The Labute approximate surface area is 133 Å². The first-order valence-electron chi connectivity index (χ1n) is 6.28. The highest BCUT2D eigenvalue weighted by atomic mass is 79.9. The van der Waals surface area contributed by atoms with E-state index in [0.29, 0.717) is 10.5 Å². The number of anilines is 1. The first-order chi connectivity index (χ1) is 10.4. The lowest BCUT2D eigenvalue weighted by atomic mass is 10.1. The third-order valence-corrected chi connectivity index (χ3v) is 3.46. The highest BCUT2D eigenvalue weighted by molar-refractivity contribution is 9.10. The second-order valence-corrected chi connectivity index (χ2v) is 5.25. The Hall–Kier alpha value is -2.08. The maximum atomic E-state index is 13.1. The topological polar surface area (TPSA) is 29.1 Å². The molecule has 0 spiro atoms. The maximum Gasteiger partial charge on any atom is 0.431 e. The number of carbonyl (C=O) groups excluding carboxylic acids is 1. The van der Waals surface area contributed by atoms with Crippen LogP contribution in [0.4, 0.5) is 18.9 Å². The lowest BCUT2D eigenvalue weighted by molar-refractivity contribution is -0.0903. The number of ketones is 1. The quantitative estimate of drug-likeness (QED) is 0.593. The van der Waals surface area contributed by atoms with Gasteiger partial charge in [0.15, 0.2) is 5.78 Å². The highest BCUT2D eigenvalue weighted by Crippen LogP contribution is 2.28. The van der Waals surface area contributed by atoms with Gasteiger partial charge in [-0.1, -0.05) is 46.3 Å². The van der Waals surface area contributed by atoms with Crippen molar-refractivity contribution in [2.75, 3.05) is 5.32 Å². The molecule has 2 rings (SSSR count). The SMILES string of the molecule is O=C(/C=C(/Nc1ccccc1)C(F)(F)F)c1ccccc1Br. The van der Waals surface area contributed by atoms with Gasteiger partial charge < -0.3 is 5.32 Å². The average Bonchev–Trinajstić information content (AvgIpc) is 2.47. The number of halogens is 4. The number of hydrogen-bond donors (Lipinski definition) is 1. The lowest BCUT2D eigenvalue weighted by Gasteiger charge is -2.14. The van der Waals surface area contributed by atoms with Gasteiger partial charge >= 0.3 is 6.18 Å². The van der Waals surface area contributed by atoms with Crippen LogP contribution in [0.25, 0.3) is 0 Å². The van der Waals surface area contributed by atoms with E-state index in [2.05, 4.69) is 21.2 Å². The van der Waals surface area contributed by atoms with Gasteiger partial charge in [-0.2, -0.15) is 13.2 Å². The van der Waals surface area contributed by atoms with Crippen LogP contribution in [-0.4, -0.2) is 12.0 Å². The fourth-order valence-corrected chi connectivity index (χ4v) is 2.22. The molecule has 0 fully saturated rings. The molecule has 6 heteroatoms. The summed E-state index contributed by atoms with van der Waals surface area (Å²) >= 11 is 3.15. The summed E-state index contributed by atoms with van der Waals surface area (Å²) in [6.07, 6.45) is -4.10. The predicted octanol–water partition coefficient (Wildman–Crippen LogP) is 5.19. The van der Waals surface area contributed by atoms with E-state index >= 15 is 0 Å². The number of carbonyl (C=O) groups is 1. The van der Waals surface area contributed by atoms with Gasteiger partial charge in [0.25, 0.3) is 0 Å². The summed E-state index contributed by atoms with van der Waals surface area (Å²) in [4.78, 5) is 12.1. The van der Waals surface area contributed by atoms with Crippen LogP contribution < -0.4 is 5.32 Å². The average molecular weight is 370 g/mol. The van der Waals surface area contributed by atoms with Crippen LogP contribution in [0.15, 0.2) is 70.8 Å². The van der Waals surface area contributed by atoms with Gasteiger partial charge in [0.2, 0.25) is 0 Å². The van der Waals surface area contributed by atoms with Crippen LogP contribution in [-0.2, 0) is 0 Å². The Bertz CT molecular complexity index is 696. The summed E-state index contributed by atoms with van der Waals surface area (Å²) in [5, 5.41) is 2.24. The summed E-state index contributed by atoms with van der Waals surface area (Å²) in [7, 11) is 0. The van der Waals surface area contributed by atoms with Crippen molar-refractivity contribution in [3.63, 3.8) is 0 Å². The van der Waals surface area contributed by atoms with Gasteiger partial charge in [-0.15, -0.1) is 0 Å². The number of nitrogens with one attached hydrogen (secondary N) is 1. The second kappa shape index (κ2) is 6.79. The summed E-state index contributed by atoms with van der Waals surface area (Å²) in [5.41, 5.74) is -0.690. The minimum Gasteiger partial charge on any atom is -0.351 e. The summed E-state index contributed by atoms with van der Waals surface area (Å²) in [6.45, 7) is 0. The molecule has 0 saturated carbocycles. The van der Waals surface area contributed by atoms with E-state index in [0.717, 1.165) is 0 Å². The van der Waals surface area contributed by atoms with Crippen LogP contribution in [0, 0.1) is 0 Å². The zero-order valence-electron chi connectivity index (χ0n) is 11.2. The van der Waals surface area contributed by atoms with E-state index in [4.69, 9.17) is 0 Å². The van der Waals surface area contributed by atoms with Crippen LogP contribution >= 0.6 is 15.9 Å². The highest BCUT2D eigenvalue weighted by Gasteiger charge is 2.34. The minimum absolute atomic E-state index is 0.166. The molecule has 0 aliphatic carbocycles. The predicted molar refractivity (Wildman–Crippen MR) is 82.7 cm³/mol. The van der Waals surface area contributed by atoms with Gasteiger partial charge in [0, 0.05) is 21.8 Å². The molecule has 1 N–H and O–H groups in total. The van der Waals surface area contributed by atoms with Gasteiger partial charge in [-0.25, -0.2) is 0 Å². The Kier molecular flexibility index (Phi) is 5.03. The molecule has 2 aromatic rings. The Morgan fingerprint density at radius 2 is 1.59 bits per heavy atom. The number of alkyl halides is 3. The molecule has 0 unspecified atom stereocenters. The largest absolute Gasteiger partial charge is 0.431 e. The number of rotatable bonds is 4. The molecule has 114 valence electrons. The van der Waals surface area contributed by atoms with Gasteiger partial charge in [-0.3, -0.25) is 4.79 Å². The van der Waals surface area contributed by atoms with E-state index < -0.39 is 17.7 Å². The van der Waals surface area contributed by atoms with E-state index in [1.54, 1.807) is 36.4 Å². The first-order valence-corrected chi connectivity index (χ1v) is 7.07. The summed E-state index contributed by atoms with van der Waals surface area (Å²) < 4.78 is 39.7. The normalized spacial score (nSPS) is 12.1. The smallest absolute Gasteiger partial charge is 0.351 e. The van der Waals surface area contributed by atoms with Crippen molar-refractivity contribution in [2.24, 2.45) is 0 Å². The van der Waals surface area contributed by atoms with Gasteiger partial charge in [0.1, 0.15) is 5.70 Å². The van der Waals surface area contributed by atoms with Crippen molar-refractivity contribution in [1.29, 1.82) is 0 Å². The monoisotopic (exact) mass is 369 g/mol. The van der Waals surface area contributed by atoms with Crippen molar-refractivity contribution in [3.8, 4) is 0 Å². The number of para-hydroxylation sites is 1. The Morgan fingerprint density at radius 3 is 2.18 bits per heavy atom. The molecule has 0 aromatic heterocycles. The molecule has 0 atom stereocenters. The van der Waals surface area contributed by atoms with Crippen molar-refractivity contribution >= 4 is 27.4 Å². The molecule has 22 heavy (non-hydrogen) atoms. The third kappa shape index (κ3) is 4.21. The molecular formula is C16H11BrF3NO. The van der Waals surface area contributed by atoms with Crippen molar-refractivity contribution in [3.05, 3.63) is 76.4 Å². The fourth-order valence-electron chi connectivity index (χ4n) is 1.74. The van der Waals surface area contributed by atoms with Crippen molar-refractivity contribution < 1.29 is 18.0 Å². The van der Waals surface area contributed by atoms with Gasteiger partial charge in [-0.05, 0) is 24.3 Å². The van der Waals surface area contributed by atoms with E-state index in [9.17, 15) is 18.0 Å². The Morgan fingerprint density at radius 1 is 1.00 bits per heavy atom. The van der Waals surface area contributed by atoms with Crippen LogP contribution in [0.1, 0.15) is 10.4 Å². The minimum atomic E-state index is -4.66. The second-order valence-electron chi connectivity index (χ2n) is 4.39. The zero-order valence-corrected chi connectivity index (χ0v) is 12.8. The van der Waals surface area contributed by atoms with Crippen molar-refractivity contribution in [1.82, 2.24) is 0 Å². The Balaban J connectivity index is 2.33. The molecule has 0 radical (unpaired) electrons. The molecule has 2 nitrogen and oxygen atoms in total. The van der Waals surface area contributed by atoms with Gasteiger partial charge in [0.05, 0.1) is 0 Å². The molecular weight excluding hydrogens is 359 g/mol. The molecule has 0 bridgehead atoms. The fraction of sp³-hybridized carbons (Fsp3) is 0.0625. The maximum absolute atomic E-state index is 13.1. The standard InChI is InChI=1S/C16H11BrF3NO/c17-13-9-5-4-8-12(13)14(22)10-15(16(18,19)20)21-11-6-2-1-3-7-11/h1-10,21H/b15-10+. The summed E-state index contributed by atoms with van der Waals surface area (Å²) in [6, 6.07) is 14.2. The number of benzene rings is 2. The molecule has 0 aliphatic rings. The van der Waals surface area contributed by atoms with Crippen molar-refractivity contribution in [2.45, 2.75) is 6.18 Å². The molecule has 0 saturated heterocycles. The van der Waals surface area contributed by atoms with E-state index in [1.165, 1.54) is 18.2 Å². The lowest BCUT2D eigenvalue weighted by Crippen LogP contribution is -2.20. The zero-order chi connectivity index (χ0) is 16.2. The van der Waals surface area contributed by atoms with E-state index in [-0.39, 0.29) is 11.3 Å². The first kappa shape index (κ1) is 16.3. The van der Waals surface area contributed by atoms with Crippen LogP contribution in [0.2, 0.25) is 0 Å². The van der Waals surface area contributed by atoms with E-state index in [1.807, 2.05) is 0 Å². The molecule has 0 amide bonds. The van der Waals surface area contributed by atoms with Crippen LogP contribution in [0.3, 0.4) is 0 Å².